The summed E-state index contributed by atoms with van der Waals surface area (Å²) in [5, 5.41) is 5.28. The normalized spacial score (nSPS) is 17.0. The number of ether oxygens (including phenoxy) is 3. The van der Waals surface area contributed by atoms with Crippen LogP contribution in [-0.4, -0.2) is 80.1 Å². The summed E-state index contributed by atoms with van der Waals surface area (Å²) in [6, 6.07) is 12.6. The lowest BCUT2D eigenvalue weighted by molar-refractivity contribution is -0.136. The molecule has 0 aliphatic carbocycles. The summed E-state index contributed by atoms with van der Waals surface area (Å²) in [6.45, 7) is 1.70. The van der Waals surface area contributed by atoms with Gasteiger partial charge in [-0.05, 0) is 30.7 Å². The zero-order valence-corrected chi connectivity index (χ0v) is 20.1. The Morgan fingerprint density at radius 1 is 0.892 bits per heavy atom. The number of hydrogen-bond acceptors (Lipinski definition) is 9. The van der Waals surface area contributed by atoms with Crippen LogP contribution in [0, 0.1) is 0 Å². The van der Waals surface area contributed by atoms with Crippen molar-refractivity contribution in [1.82, 2.24) is 10.2 Å². The van der Waals surface area contributed by atoms with Gasteiger partial charge in [0, 0.05) is 18.7 Å². The average Bonchev–Trinajstić information content (AvgIpc) is 3.16. The van der Waals surface area contributed by atoms with Crippen LogP contribution in [0.5, 0.6) is 0 Å². The molecule has 0 radical (unpaired) electrons. The summed E-state index contributed by atoms with van der Waals surface area (Å²) < 4.78 is 16.0. The number of imide groups is 2. The molecule has 37 heavy (non-hydrogen) atoms. The van der Waals surface area contributed by atoms with Crippen LogP contribution in [0.3, 0.4) is 0 Å². The number of carbonyl (C=O) groups is 5. The molecule has 194 valence electrons. The van der Waals surface area contributed by atoms with Crippen LogP contribution >= 0.6 is 0 Å². The molecule has 4 amide bonds. The van der Waals surface area contributed by atoms with Crippen molar-refractivity contribution < 1.29 is 38.2 Å². The predicted octanol–water partition coefficient (Wildman–Crippen LogP) is 1.39. The zero-order chi connectivity index (χ0) is 26.2. The van der Waals surface area contributed by atoms with E-state index in [1.54, 1.807) is 36.4 Å². The number of amides is 4. The number of nitrogens with one attached hydrogen (secondary N) is 2. The fraction of sp³-hybridized carbons (Fsp3) is 0.346. The van der Waals surface area contributed by atoms with Gasteiger partial charge in [0.2, 0.25) is 11.8 Å². The summed E-state index contributed by atoms with van der Waals surface area (Å²) >= 11 is 0. The summed E-state index contributed by atoms with van der Waals surface area (Å²) in [4.78, 5) is 62.3. The average molecular weight is 510 g/mol. The first kappa shape index (κ1) is 26.0. The van der Waals surface area contributed by atoms with Gasteiger partial charge in [-0.3, -0.25) is 29.4 Å². The molecule has 11 nitrogen and oxygen atoms in total. The van der Waals surface area contributed by atoms with Crippen LogP contribution in [-0.2, 0) is 23.8 Å². The van der Waals surface area contributed by atoms with Gasteiger partial charge in [-0.1, -0.05) is 24.3 Å². The van der Waals surface area contributed by atoms with Crippen LogP contribution < -0.4 is 10.6 Å². The van der Waals surface area contributed by atoms with E-state index in [0.29, 0.717) is 37.6 Å². The van der Waals surface area contributed by atoms with E-state index < -0.39 is 35.6 Å². The first-order valence-electron chi connectivity index (χ1n) is 11.9. The number of anilines is 1. The molecule has 4 rings (SSSR count). The molecular weight excluding hydrogens is 482 g/mol. The molecule has 0 aromatic heterocycles. The van der Waals surface area contributed by atoms with E-state index in [1.165, 1.54) is 6.07 Å². The van der Waals surface area contributed by atoms with Gasteiger partial charge in [-0.25, -0.2) is 4.79 Å². The molecule has 2 aliphatic heterocycles. The van der Waals surface area contributed by atoms with E-state index in [9.17, 15) is 24.0 Å². The third-order valence-electron chi connectivity index (χ3n) is 5.87. The highest BCUT2D eigenvalue weighted by Crippen LogP contribution is 2.32. The standard InChI is InChI=1S/C26H27N3O8/c30-21-10-9-20(23(31)28-21)29-24(32)18-7-4-8-19(22(18)25(29)33)27-11-12-35-13-14-36-15-16-37-26(34)17-5-2-1-3-6-17/h1-8,20,27H,9-16H2,(H,28,30,31). The highest BCUT2D eigenvalue weighted by molar-refractivity contribution is 6.25. The van der Waals surface area contributed by atoms with Crippen molar-refractivity contribution in [2.24, 2.45) is 0 Å². The van der Waals surface area contributed by atoms with E-state index in [-0.39, 0.29) is 37.2 Å². The number of piperidine rings is 1. The van der Waals surface area contributed by atoms with Gasteiger partial charge in [0.25, 0.3) is 11.8 Å². The van der Waals surface area contributed by atoms with Gasteiger partial charge >= 0.3 is 5.97 Å². The van der Waals surface area contributed by atoms with E-state index >= 15 is 0 Å². The van der Waals surface area contributed by atoms with Crippen molar-refractivity contribution in [2.45, 2.75) is 18.9 Å². The van der Waals surface area contributed by atoms with E-state index in [2.05, 4.69) is 10.6 Å². The van der Waals surface area contributed by atoms with Crippen molar-refractivity contribution in [3.8, 4) is 0 Å². The maximum absolute atomic E-state index is 13.1. The molecule has 1 atom stereocenters. The van der Waals surface area contributed by atoms with E-state index in [4.69, 9.17) is 14.2 Å². The lowest BCUT2D eigenvalue weighted by Crippen LogP contribution is -2.54. The van der Waals surface area contributed by atoms with Crippen molar-refractivity contribution in [2.75, 3.05) is 44.9 Å². The Morgan fingerprint density at radius 2 is 1.62 bits per heavy atom. The minimum absolute atomic E-state index is 0.0643. The van der Waals surface area contributed by atoms with Gasteiger partial charge in [0.15, 0.2) is 0 Å². The summed E-state index contributed by atoms with van der Waals surface area (Å²) in [5.74, 6) is -2.59. The molecule has 2 aromatic carbocycles. The highest BCUT2D eigenvalue weighted by Gasteiger charge is 2.45. The quantitative estimate of drug-likeness (QED) is 0.247. The molecule has 0 saturated carbocycles. The molecule has 11 heteroatoms. The van der Waals surface area contributed by atoms with Gasteiger partial charge < -0.3 is 19.5 Å². The van der Waals surface area contributed by atoms with Crippen LogP contribution in [0.15, 0.2) is 48.5 Å². The van der Waals surface area contributed by atoms with Gasteiger partial charge in [-0.15, -0.1) is 0 Å². The smallest absolute Gasteiger partial charge is 0.338 e. The van der Waals surface area contributed by atoms with Crippen molar-refractivity contribution >= 4 is 35.3 Å². The first-order valence-corrected chi connectivity index (χ1v) is 11.9. The topological polar surface area (TPSA) is 140 Å². The van der Waals surface area contributed by atoms with Crippen molar-refractivity contribution in [1.29, 1.82) is 0 Å². The zero-order valence-electron chi connectivity index (χ0n) is 20.1. The van der Waals surface area contributed by atoms with Crippen LogP contribution in [0.4, 0.5) is 5.69 Å². The molecule has 2 aromatic rings. The number of benzene rings is 2. The van der Waals surface area contributed by atoms with Crippen molar-refractivity contribution in [3.63, 3.8) is 0 Å². The first-order chi connectivity index (χ1) is 18.0. The lowest BCUT2D eigenvalue weighted by Gasteiger charge is -2.27. The Hall–Kier alpha value is -4.09. The number of hydrogen-bond donors (Lipinski definition) is 2. The highest BCUT2D eigenvalue weighted by atomic mass is 16.6. The van der Waals surface area contributed by atoms with E-state index in [0.717, 1.165) is 4.90 Å². The third-order valence-corrected chi connectivity index (χ3v) is 5.87. The number of fused-ring (bicyclic) bond motifs is 1. The predicted molar refractivity (Wildman–Crippen MR) is 130 cm³/mol. The molecule has 1 unspecified atom stereocenters. The number of esters is 1. The second kappa shape index (κ2) is 12.2. The molecule has 2 N–H and O–H groups in total. The fourth-order valence-electron chi connectivity index (χ4n) is 4.09. The number of nitrogens with zero attached hydrogens (tertiary/aromatic N) is 1. The minimum Gasteiger partial charge on any atom is -0.460 e. The lowest BCUT2D eigenvalue weighted by atomic mass is 10.0. The maximum Gasteiger partial charge on any atom is 0.338 e. The van der Waals surface area contributed by atoms with Gasteiger partial charge in [0.05, 0.1) is 43.1 Å². The Kier molecular flexibility index (Phi) is 8.60. The van der Waals surface area contributed by atoms with Crippen LogP contribution in [0.2, 0.25) is 0 Å². The van der Waals surface area contributed by atoms with Crippen LogP contribution in [0.25, 0.3) is 0 Å². The molecule has 2 aliphatic rings. The Morgan fingerprint density at radius 3 is 2.38 bits per heavy atom. The molecule has 0 bridgehead atoms. The van der Waals surface area contributed by atoms with Gasteiger partial charge in [0.1, 0.15) is 12.6 Å². The summed E-state index contributed by atoms with van der Waals surface area (Å²) in [6.07, 6.45) is 0.166. The van der Waals surface area contributed by atoms with E-state index in [1.807, 2.05) is 6.07 Å². The summed E-state index contributed by atoms with van der Waals surface area (Å²) in [7, 11) is 0. The number of carbonyl (C=O) groups excluding carboxylic acids is 5. The summed E-state index contributed by atoms with van der Waals surface area (Å²) in [5.41, 5.74) is 1.36. The Bertz CT molecular complexity index is 1180. The Labute approximate surface area is 213 Å². The third kappa shape index (κ3) is 6.19. The second-order valence-electron chi connectivity index (χ2n) is 8.33. The monoisotopic (exact) mass is 509 g/mol. The molecule has 1 saturated heterocycles. The second-order valence-corrected chi connectivity index (χ2v) is 8.33. The minimum atomic E-state index is -1.01. The maximum atomic E-state index is 13.1. The van der Waals surface area contributed by atoms with Crippen LogP contribution in [0.1, 0.15) is 43.9 Å². The molecule has 2 heterocycles. The van der Waals surface area contributed by atoms with Crippen molar-refractivity contribution in [3.05, 3.63) is 65.2 Å². The molecule has 1 fully saturated rings. The number of rotatable bonds is 12. The molecular formula is C26H27N3O8. The molecule has 0 spiro atoms. The Balaban J connectivity index is 1.16. The van der Waals surface area contributed by atoms with Gasteiger partial charge in [-0.2, -0.15) is 0 Å². The fourth-order valence-corrected chi connectivity index (χ4v) is 4.09. The SMILES string of the molecule is O=C1CCC(N2C(=O)c3cccc(NCCOCCOCCOC(=O)c4ccccc4)c3C2=O)C(=O)N1. The largest absolute Gasteiger partial charge is 0.460 e.